The Labute approximate surface area is 136 Å². The fourth-order valence-electron chi connectivity index (χ4n) is 2.55. The molecule has 6 heteroatoms. The van der Waals surface area contributed by atoms with Gasteiger partial charge in [-0.1, -0.05) is 25.8 Å². The summed E-state index contributed by atoms with van der Waals surface area (Å²) in [4.78, 5) is 0.389. The summed E-state index contributed by atoms with van der Waals surface area (Å²) in [5, 5.41) is 3.23. The largest absolute Gasteiger partial charge is 0.313 e. The number of halogens is 1. The number of nitrogens with one attached hydrogen (secondary N) is 1. The van der Waals surface area contributed by atoms with Crippen LogP contribution in [0.25, 0.3) is 0 Å². The second kappa shape index (κ2) is 7.72. The molecule has 0 aromatic heterocycles. The number of benzene rings is 1. The topological polar surface area (TPSA) is 49.4 Å². The predicted octanol–water partition coefficient (Wildman–Crippen LogP) is 3.12. The zero-order valence-electron chi connectivity index (χ0n) is 12.4. The van der Waals surface area contributed by atoms with Crippen molar-refractivity contribution >= 4 is 26.0 Å². The maximum Gasteiger partial charge on any atom is 0.244 e. The Morgan fingerprint density at radius 1 is 1.19 bits per heavy atom. The number of hydrogen-bond acceptors (Lipinski definition) is 3. The average Bonchev–Trinajstić information content (AvgIpc) is 2.75. The van der Waals surface area contributed by atoms with Gasteiger partial charge in [-0.05, 0) is 53.0 Å². The number of nitrogens with zero attached hydrogens (tertiary/aromatic N) is 1. The third kappa shape index (κ3) is 4.28. The van der Waals surface area contributed by atoms with Crippen LogP contribution in [0.4, 0.5) is 0 Å². The van der Waals surface area contributed by atoms with E-state index >= 15 is 0 Å². The lowest BCUT2D eigenvalue weighted by molar-refractivity contribution is 0.423. The molecule has 1 aromatic rings. The molecule has 0 saturated carbocycles. The van der Waals surface area contributed by atoms with Crippen molar-refractivity contribution in [3.8, 4) is 0 Å². The summed E-state index contributed by atoms with van der Waals surface area (Å²) in [6, 6.07) is 5.57. The van der Waals surface area contributed by atoms with Crippen LogP contribution in [0.3, 0.4) is 0 Å². The zero-order chi connectivity index (χ0) is 15.3. The molecular weight excluding hydrogens is 352 g/mol. The highest BCUT2D eigenvalue weighted by atomic mass is 79.9. The van der Waals surface area contributed by atoms with Crippen molar-refractivity contribution in [2.24, 2.45) is 0 Å². The number of sulfonamides is 1. The molecule has 2 rings (SSSR count). The summed E-state index contributed by atoms with van der Waals surface area (Å²) in [7, 11) is -3.40. The Morgan fingerprint density at radius 2 is 1.86 bits per heavy atom. The van der Waals surface area contributed by atoms with Gasteiger partial charge in [0.15, 0.2) is 0 Å². The molecule has 21 heavy (non-hydrogen) atoms. The van der Waals surface area contributed by atoms with Crippen LogP contribution in [0, 0.1) is 0 Å². The summed E-state index contributed by atoms with van der Waals surface area (Å²) in [5.74, 6) is 0. The van der Waals surface area contributed by atoms with Gasteiger partial charge < -0.3 is 5.32 Å². The van der Waals surface area contributed by atoms with Crippen LogP contribution in [-0.4, -0.2) is 32.4 Å². The smallest absolute Gasteiger partial charge is 0.244 e. The van der Waals surface area contributed by atoms with Crippen LogP contribution < -0.4 is 5.32 Å². The monoisotopic (exact) mass is 374 g/mol. The van der Waals surface area contributed by atoms with Crippen molar-refractivity contribution < 1.29 is 8.42 Å². The van der Waals surface area contributed by atoms with E-state index in [0.29, 0.717) is 29.0 Å². The molecule has 0 spiro atoms. The minimum atomic E-state index is -3.40. The fourth-order valence-corrected chi connectivity index (χ4v) is 5.04. The van der Waals surface area contributed by atoms with E-state index in [0.717, 1.165) is 37.8 Å². The summed E-state index contributed by atoms with van der Waals surface area (Å²) in [6.07, 6.45) is 4.14. The van der Waals surface area contributed by atoms with Gasteiger partial charge in [-0.2, -0.15) is 4.31 Å². The van der Waals surface area contributed by atoms with Gasteiger partial charge in [0, 0.05) is 24.1 Å². The third-order valence-electron chi connectivity index (χ3n) is 3.76. The Balaban J connectivity index is 2.29. The second-order valence-electron chi connectivity index (χ2n) is 5.36. The summed E-state index contributed by atoms with van der Waals surface area (Å²) in [6.45, 7) is 4.85. The predicted molar refractivity (Wildman–Crippen MR) is 88.7 cm³/mol. The van der Waals surface area contributed by atoms with Crippen LogP contribution in [0.5, 0.6) is 0 Å². The Hall–Kier alpha value is -0.430. The van der Waals surface area contributed by atoms with Gasteiger partial charge >= 0.3 is 0 Å². The fraction of sp³-hybridized carbons (Fsp3) is 0.600. The van der Waals surface area contributed by atoms with E-state index in [9.17, 15) is 8.42 Å². The number of hydrogen-bond donors (Lipinski definition) is 1. The molecule has 1 saturated heterocycles. The highest BCUT2D eigenvalue weighted by molar-refractivity contribution is 9.10. The number of rotatable bonds is 5. The summed E-state index contributed by atoms with van der Waals surface area (Å²) < 4.78 is 28.0. The summed E-state index contributed by atoms with van der Waals surface area (Å²) in [5.41, 5.74) is 0.994. The average molecular weight is 375 g/mol. The van der Waals surface area contributed by atoms with E-state index in [1.807, 2.05) is 19.1 Å². The molecule has 1 heterocycles. The minimum absolute atomic E-state index is 0.389. The lowest BCUT2D eigenvalue weighted by Gasteiger charge is -2.21. The highest BCUT2D eigenvalue weighted by Gasteiger charge is 2.27. The van der Waals surface area contributed by atoms with Gasteiger partial charge in [-0.15, -0.1) is 0 Å². The van der Waals surface area contributed by atoms with E-state index in [-0.39, 0.29) is 0 Å². The summed E-state index contributed by atoms with van der Waals surface area (Å²) >= 11 is 3.39. The van der Waals surface area contributed by atoms with Crippen LogP contribution in [-0.2, 0) is 16.6 Å². The molecule has 0 radical (unpaired) electrons. The molecule has 1 aliphatic heterocycles. The van der Waals surface area contributed by atoms with Crippen molar-refractivity contribution in [2.45, 2.75) is 44.0 Å². The zero-order valence-corrected chi connectivity index (χ0v) is 14.8. The molecule has 0 amide bonds. The van der Waals surface area contributed by atoms with E-state index in [1.165, 1.54) is 0 Å². The van der Waals surface area contributed by atoms with Crippen LogP contribution in [0.1, 0.15) is 38.2 Å². The first-order valence-corrected chi connectivity index (χ1v) is 9.78. The molecule has 4 nitrogen and oxygen atoms in total. The molecular formula is C15H23BrN2O2S. The normalized spacial score (nSPS) is 17.6. The quantitative estimate of drug-likeness (QED) is 0.860. The van der Waals surface area contributed by atoms with Gasteiger partial charge in [0.1, 0.15) is 0 Å². The van der Waals surface area contributed by atoms with Crippen LogP contribution >= 0.6 is 15.9 Å². The second-order valence-corrected chi connectivity index (χ2v) is 8.12. The van der Waals surface area contributed by atoms with Gasteiger partial charge in [-0.3, -0.25) is 0 Å². The highest BCUT2D eigenvalue weighted by Crippen LogP contribution is 2.28. The van der Waals surface area contributed by atoms with Crippen LogP contribution in [0.2, 0.25) is 0 Å². The first kappa shape index (κ1) is 16.9. The molecule has 0 unspecified atom stereocenters. The minimum Gasteiger partial charge on any atom is -0.313 e. The standard InChI is InChI=1S/C15H23BrN2O2S/c1-2-17-12-13-7-8-14(16)15(11-13)21(19,20)18-9-5-3-4-6-10-18/h7-8,11,17H,2-6,9-10,12H2,1H3. The maximum absolute atomic E-state index is 12.9. The molecule has 1 fully saturated rings. The van der Waals surface area contributed by atoms with E-state index in [2.05, 4.69) is 21.2 Å². The lowest BCUT2D eigenvalue weighted by atomic mass is 10.2. The van der Waals surface area contributed by atoms with Crippen molar-refractivity contribution in [1.29, 1.82) is 0 Å². The van der Waals surface area contributed by atoms with Crippen molar-refractivity contribution in [1.82, 2.24) is 9.62 Å². The van der Waals surface area contributed by atoms with Gasteiger partial charge in [0.2, 0.25) is 10.0 Å². The van der Waals surface area contributed by atoms with Gasteiger partial charge in [0.25, 0.3) is 0 Å². The molecule has 0 atom stereocenters. The Bertz CT molecular complexity index is 567. The molecule has 118 valence electrons. The molecule has 1 aromatic carbocycles. The van der Waals surface area contributed by atoms with E-state index < -0.39 is 10.0 Å². The van der Waals surface area contributed by atoms with Crippen molar-refractivity contribution in [3.63, 3.8) is 0 Å². The molecule has 1 aliphatic rings. The van der Waals surface area contributed by atoms with Crippen molar-refractivity contribution in [2.75, 3.05) is 19.6 Å². The Morgan fingerprint density at radius 3 is 2.48 bits per heavy atom. The van der Waals surface area contributed by atoms with E-state index in [4.69, 9.17) is 0 Å². The molecule has 0 bridgehead atoms. The first-order valence-electron chi connectivity index (χ1n) is 7.55. The molecule has 0 aliphatic carbocycles. The first-order chi connectivity index (χ1) is 10.1. The van der Waals surface area contributed by atoms with Gasteiger partial charge in [-0.25, -0.2) is 8.42 Å². The van der Waals surface area contributed by atoms with Crippen LogP contribution in [0.15, 0.2) is 27.6 Å². The van der Waals surface area contributed by atoms with Crippen molar-refractivity contribution in [3.05, 3.63) is 28.2 Å². The lowest BCUT2D eigenvalue weighted by Crippen LogP contribution is -2.32. The Kier molecular flexibility index (Phi) is 6.22. The maximum atomic E-state index is 12.9. The SMILES string of the molecule is CCNCc1ccc(Br)c(S(=O)(=O)N2CCCCCC2)c1. The van der Waals surface area contributed by atoms with Gasteiger partial charge in [0.05, 0.1) is 4.90 Å². The van der Waals surface area contributed by atoms with E-state index in [1.54, 1.807) is 10.4 Å². The third-order valence-corrected chi connectivity index (χ3v) is 6.65. The molecule has 1 N–H and O–H groups in total.